The first kappa shape index (κ1) is 24.3. The summed E-state index contributed by atoms with van der Waals surface area (Å²) in [6.45, 7) is 2.99. The maximum absolute atomic E-state index is 13.4. The number of benzene rings is 2. The molecule has 0 radical (unpaired) electrons. The fourth-order valence-electron chi connectivity index (χ4n) is 5.67. The van der Waals surface area contributed by atoms with Crippen molar-refractivity contribution in [2.75, 3.05) is 26.2 Å². The first-order valence-corrected chi connectivity index (χ1v) is 13.3. The van der Waals surface area contributed by atoms with Crippen LogP contribution in [0.25, 0.3) is 10.9 Å². The fraction of sp³-hybridized carbons (Fsp3) is 0.433. The van der Waals surface area contributed by atoms with E-state index in [1.54, 1.807) is 11.1 Å². The predicted octanol–water partition coefficient (Wildman–Crippen LogP) is 4.71. The monoisotopic (exact) mass is 485 g/mol. The Morgan fingerprint density at radius 1 is 0.750 bits per heavy atom. The van der Waals surface area contributed by atoms with Gasteiger partial charge in [-0.15, -0.1) is 0 Å². The number of fused-ring (bicyclic) bond motifs is 1. The van der Waals surface area contributed by atoms with Gasteiger partial charge in [-0.3, -0.25) is 14.4 Å². The molecule has 2 saturated heterocycles. The molecule has 1 aromatic heterocycles. The Morgan fingerprint density at radius 3 is 2.14 bits per heavy atom. The van der Waals surface area contributed by atoms with E-state index in [4.69, 9.17) is 0 Å². The van der Waals surface area contributed by atoms with Gasteiger partial charge < -0.3 is 14.4 Å². The van der Waals surface area contributed by atoms with Gasteiger partial charge in [0.25, 0.3) is 11.7 Å². The number of ketones is 1. The number of carbonyl (C=O) groups is 3. The van der Waals surface area contributed by atoms with Gasteiger partial charge in [0.2, 0.25) is 5.91 Å². The first-order valence-electron chi connectivity index (χ1n) is 13.3. The van der Waals surface area contributed by atoms with Crippen LogP contribution in [0.15, 0.2) is 60.8 Å². The fourth-order valence-corrected chi connectivity index (χ4v) is 5.67. The summed E-state index contributed by atoms with van der Waals surface area (Å²) in [6.07, 6.45) is 8.94. The normalized spacial score (nSPS) is 17.2. The lowest BCUT2D eigenvalue weighted by molar-refractivity contribution is -0.131. The molecular weight excluding hydrogens is 450 g/mol. The molecule has 0 spiro atoms. The van der Waals surface area contributed by atoms with Crippen molar-refractivity contribution in [3.05, 3.63) is 71.9 Å². The molecule has 0 atom stereocenters. The lowest BCUT2D eigenvalue weighted by Gasteiger charge is -2.31. The molecule has 6 nitrogen and oxygen atoms in total. The molecule has 2 aromatic carbocycles. The molecule has 2 aliphatic heterocycles. The third kappa shape index (κ3) is 5.38. The number of rotatable bonds is 6. The van der Waals surface area contributed by atoms with Gasteiger partial charge in [-0.2, -0.15) is 0 Å². The van der Waals surface area contributed by atoms with Crippen molar-refractivity contribution in [1.82, 2.24) is 14.4 Å². The van der Waals surface area contributed by atoms with E-state index >= 15 is 0 Å². The Balaban J connectivity index is 1.27. The number of likely N-dealkylation sites (tertiary alicyclic amines) is 2. The van der Waals surface area contributed by atoms with Crippen LogP contribution in [0.3, 0.4) is 0 Å². The Labute approximate surface area is 212 Å². The Kier molecular flexibility index (Phi) is 7.49. The average Bonchev–Trinajstić information content (AvgIpc) is 3.07. The van der Waals surface area contributed by atoms with E-state index in [0.29, 0.717) is 24.6 Å². The molecule has 3 heterocycles. The topological polar surface area (TPSA) is 62.6 Å². The van der Waals surface area contributed by atoms with E-state index in [-0.39, 0.29) is 12.5 Å². The SMILES string of the molecule is O=C(C(=O)N1CCC(Cc2ccccc2)CC1)c1cn(CC(=O)N2CCCCCC2)c2ccccc12. The highest BCUT2D eigenvalue weighted by Crippen LogP contribution is 2.25. The van der Waals surface area contributed by atoms with Crippen LogP contribution < -0.4 is 0 Å². The van der Waals surface area contributed by atoms with E-state index < -0.39 is 11.7 Å². The lowest BCUT2D eigenvalue weighted by atomic mass is 9.90. The molecule has 6 heteroatoms. The number of aromatic nitrogens is 1. The van der Waals surface area contributed by atoms with Gasteiger partial charge >= 0.3 is 0 Å². The molecule has 0 bridgehead atoms. The molecule has 5 rings (SSSR count). The summed E-state index contributed by atoms with van der Waals surface area (Å²) in [5.74, 6) is -0.314. The Bertz CT molecular complexity index is 1220. The molecule has 2 fully saturated rings. The summed E-state index contributed by atoms with van der Waals surface area (Å²) in [7, 11) is 0. The maximum Gasteiger partial charge on any atom is 0.295 e. The second-order valence-corrected chi connectivity index (χ2v) is 10.2. The van der Waals surface area contributed by atoms with Gasteiger partial charge in [0.1, 0.15) is 6.54 Å². The van der Waals surface area contributed by atoms with Crippen molar-refractivity contribution in [2.24, 2.45) is 5.92 Å². The highest BCUT2D eigenvalue weighted by molar-refractivity contribution is 6.44. The van der Waals surface area contributed by atoms with Crippen molar-refractivity contribution in [1.29, 1.82) is 0 Å². The number of piperidine rings is 1. The number of Topliss-reactive ketones (excluding diaryl/α,β-unsaturated/α-hetero) is 1. The number of hydrogen-bond acceptors (Lipinski definition) is 3. The molecule has 188 valence electrons. The molecule has 3 aromatic rings. The molecule has 36 heavy (non-hydrogen) atoms. The summed E-state index contributed by atoms with van der Waals surface area (Å²) < 4.78 is 1.84. The summed E-state index contributed by atoms with van der Waals surface area (Å²) in [4.78, 5) is 43.3. The zero-order valence-electron chi connectivity index (χ0n) is 20.9. The largest absolute Gasteiger partial charge is 0.341 e. The molecular formula is C30H35N3O3. The van der Waals surface area contributed by atoms with Crippen LogP contribution in [0.2, 0.25) is 0 Å². The zero-order chi connectivity index (χ0) is 24.9. The predicted molar refractivity (Wildman–Crippen MR) is 141 cm³/mol. The van der Waals surface area contributed by atoms with Crippen molar-refractivity contribution < 1.29 is 14.4 Å². The zero-order valence-corrected chi connectivity index (χ0v) is 20.9. The first-order chi connectivity index (χ1) is 17.6. The van der Waals surface area contributed by atoms with Crippen LogP contribution in [0.4, 0.5) is 0 Å². The minimum Gasteiger partial charge on any atom is -0.341 e. The molecule has 2 amide bonds. The van der Waals surface area contributed by atoms with Crippen molar-refractivity contribution in [2.45, 2.75) is 51.5 Å². The van der Waals surface area contributed by atoms with Gasteiger partial charge in [-0.05, 0) is 49.7 Å². The summed E-state index contributed by atoms with van der Waals surface area (Å²) in [5, 5.41) is 0.735. The van der Waals surface area contributed by atoms with Gasteiger partial charge in [0.15, 0.2) is 0 Å². The van der Waals surface area contributed by atoms with E-state index in [2.05, 4.69) is 24.3 Å². The Morgan fingerprint density at radius 2 is 1.42 bits per heavy atom. The second-order valence-electron chi connectivity index (χ2n) is 10.2. The molecule has 0 N–H and O–H groups in total. The second kappa shape index (κ2) is 11.1. The average molecular weight is 486 g/mol. The highest BCUT2D eigenvalue weighted by atomic mass is 16.2. The van der Waals surface area contributed by atoms with Crippen molar-refractivity contribution in [3.8, 4) is 0 Å². The number of carbonyl (C=O) groups excluding carboxylic acids is 3. The third-order valence-corrected chi connectivity index (χ3v) is 7.76. The van der Waals surface area contributed by atoms with E-state index in [1.807, 2.05) is 39.8 Å². The molecule has 0 aliphatic carbocycles. The van der Waals surface area contributed by atoms with Crippen LogP contribution in [-0.2, 0) is 22.6 Å². The van der Waals surface area contributed by atoms with E-state index in [1.165, 1.54) is 18.4 Å². The lowest BCUT2D eigenvalue weighted by Crippen LogP contribution is -2.42. The smallest absolute Gasteiger partial charge is 0.295 e. The molecule has 0 saturated carbocycles. The van der Waals surface area contributed by atoms with E-state index in [9.17, 15) is 14.4 Å². The minimum atomic E-state index is -0.478. The number of nitrogens with zero attached hydrogens (tertiary/aromatic N) is 3. The van der Waals surface area contributed by atoms with E-state index in [0.717, 1.165) is 56.1 Å². The van der Waals surface area contributed by atoms with Crippen molar-refractivity contribution >= 4 is 28.5 Å². The summed E-state index contributed by atoms with van der Waals surface area (Å²) in [6, 6.07) is 18.0. The number of amides is 2. The maximum atomic E-state index is 13.4. The molecule has 0 unspecified atom stereocenters. The van der Waals surface area contributed by atoms with Gasteiger partial charge in [-0.1, -0.05) is 61.4 Å². The van der Waals surface area contributed by atoms with Crippen LogP contribution >= 0.6 is 0 Å². The summed E-state index contributed by atoms with van der Waals surface area (Å²) in [5.41, 5.74) is 2.53. The van der Waals surface area contributed by atoms with Crippen molar-refractivity contribution in [3.63, 3.8) is 0 Å². The standard InChI is InChI=1S/C30H35N3O3/c34-28(31-16-8-1-2-9-17-31)22-33-21-26(25-12-6-7-13-27(25)33)29(35)30(36)32-18-14-24(15-19-32)20-23-10-4-3-5-11-23/h3-7,10-13,21,24H,1-2,8-9,14-20,22H2. The Hall–Kier alpha value is -3.41. The van der Waals surface area contributed by atoms with Gasteiger partial charge in [-0.25, -0.2) is 0 Å². The quantitative estimate of drug-likeness (QED) is 0.375. The van der Waals surface area contributed by atoms with Crippen LogP contribution in [0, 0.1) is 5.92 Å². The van der Waals surface area contributed by atoms with Crippen LogP contribution in [-0.4, -0.2) is 58.1 Å². The number of para-hydroxylation sites is 1. The third-order valence-electron chi connectivity index (χ3n) is 7.76. The highest BCUT2D eigenvalue weighted by Gasteiger charge is 2.30. The minimum absolute atomic E-state index is 0.0727. The van der Waals surface area contributed by atoms with Gasteiger partial charge in [0, 0.05) is 43.3 Å². The van der Waals surface area contributed by atoms with Gasteiger partial charge in [0.05, 0.1) is 5.56 Å². The molecule has 2 aliphatic rings. The number of hydrogen-bond donors (Lipinski definition) is 0. The van der Waals surface area contributed by atoms with Crippen LogP contribution in [0.1, 0.15) is 54.4 Å². The van der Waals surface area contributed by atoms with Crippen LogP contribution in [0.5, 0.6) is 0 Å². The summed E-state index contributed by atoms with van der Waals surface area (Å²) >= 11 is 0.